The summed E-state index contributed by atoms with van der Waals surface area (Å²) < 4.78 is 40.6. The Labute approximate surface area is 170 Å². The van der Waals surface area contributed by atoms with E-state index in [1.165, 1.54) is 11.1 Å². The Bertz CT molecular complexity index is 955. The Morgan fingerprint density at radius 3 is 2.60 bits per heavy atom. The van der Waals surface area contributed by atoms with Crippen molar-refractivity contribution in [3.63, 3.8) is 0 Å². The summed E-state index contributed by atoms with van der Waals surface area (Å²) in [5.74, 6) is -5.33. The fraction of sp³-hybridized carbons (Fsp3) is 0.400. The van der Waals surface area contributed by atoms with Crippen LogP contribution in [0.5, 0.6) is 0 Å². The molecule has 2 fully saturated rings. The van der Waals surface area contributed by atoms with Crippen LogP contribution in [0.2, 0.25) is 0 Å². The van der Waals surface area contributed by atoms with Gasteiger partial charge in [0.25, 0.3) is 11.8 Å². The van der Waals surface area contributed by atoms with Crippen molar-refractivity contribution in [2.75, 3.05) is 13.1 Å². The topological polar surface area (TPSA) is 93.1 Å². The van der Waals surface area contributed by atoms with Crippen molar-refractivity contribution in [3.05, 3.63) is 58.4 Å². The van der Waals surface area contributed by atoms with E-state index in [4.69, 9.17) is 0 Å². The number of rotatable bonds is 3. The molecule has 3 N–H and O–H groups in total. The van der Waals surface area contributed by atoms with Crippen molar-refractivity contribution in [1.82, 2.24) is 15.1 Å². The van der Waals surface area contributed by atoms with E-state index in [0.717, 1.165) is 19.3 Å². The quantitative estimate of drug-likeness (QED) is 0.684. The molecule has 3 heterocycles. The van der Waals surface area contributed by atoms with Gasteiger partial charge in [0.05, 0.1) is 11.6 Å². The highest BCUT2D eigenvalue weighted by Gasteiger charge is 2.43. The van der Waals surface area contributed by atoms with Crippen LogP contribution in [0.3, 0.4) is 0 Å². The zero-order valence-electron chi connectivity index (χ0n) is 15.9. The molecular weight excluding hydrogens is 403 g/mol. The van der Waals surface area contributed by atoms with Crippen LogP contribution in [0.15, 0.2) is 35.4 Å². The lowest BCUT2D eigenvalue weighted by atomic mass is 9.97. The zero-order chi connectivity index (χ0) is 21.6. The number of halogens is 3. The van der Waals surface area contributed by atoms with Crippen LogP contribution in [-0.2, 0) is 16.1 Å². The Morgan fingerprint density at radius 2 is 1.90 bits per heavy atom. The van der Waals surface area contributed by atoms with Gasteiger partial charge in [0, 0.05) is 43.5 Å². The van der Waals surface area contributed by atoms with Crippen molar-refractivity contribution < 1.29 is 33.0 Å². The fourth-order valence-corrected chi connectivity index (χ4v) is 4.08. The molecule has 2 saturated heterocycles. The van der Waals surface area contributed by atoms with Crippen LogP contribution in [0.25, 0.3) is 0 Å². The Hall–Kier alpha value is -3.01. The smallest absolute Gasteiger partial charge is 0.274 e. The first-order chi connectivity index (χ1) is 14.3. The van der Waals surface area contributed by atoms with E-state index in [1.807, 2.05) is 0 Å². The number of nitrogens with zero attached hydrogens (tertiary/aromatic N) is 2. The number of carbonyl (C=O) groups is 2. The van der Waals surface area contributed by atoms with Gasteiger partial charge in [-0.2, -0.15) is 0 Å². The van der Waals surface area contributed by atoms with Gasteiger partial charge < -0.3 is 25.3 Å². The van der Waals surface area contributed by atoms with Crippen LogP contribution < -0.4 is 5.32 Å². The molecule has 0 radical (unpaired) electrons. The minimum atomic E-state index is -1.76. The molecule has 0 saturated carbocycles. The van der Waals surface area contributed by atoms with Crippen molar-refractivity contribution in [3.8, 4) is 0 Å². The maximum atomic E-state index is 13.8. The van der Waals surface area contributed by atoms with Gasteiger partial charge in [0.2, 0.25) is 0 Å². The third kappa shape index (κ3) is 3.41. The lowest BCUT2D eigenvalue weighted by Gasteiger charge is -2.43. The molecule has 2 bridgehead atoms. The first kappa shape index (κ1) is 20.3. The van der Waals surface area contributed by atoms with Crippen molar-refractivity contribution in [2.45, 2.75) is 38.0 Å². The van der Waals surface area contributed by atoms with Gasteiger partial charge in [-0.3, -0.25) is 9.59 Å². The molecule has 2 atom stereocenters. The number of aliphatic hydroxyl groups excluding tert-OH is 2. The van der Waals surface area contributed by atoms with Crippen molar-refractivity contribution in [2.24, 2.45) is 0 Å². The third-order valence-corrected chi connectivity index (χ3v) is 5.66. The summed E-state index contributed by atoms with van der Waals surface area (Å²) in [5, 5.41) is 23.2. The molecule has 10 heteroatoms. The number of amides is 2. The predicted molar refractivity (Wildman–Crippen MR) is 98.0 cm³/mol. The summed E-state index contributed by atoms with van der Waals surface area (Å²) in [6.07, 6.45) is 1.95. The lowest BCUT2D eigenvalue weighted by molar-refractivity contribution is -0.133. The van der Waals surface area contributed by atoms with E-state index >= 15 is 0 Å². The number of nitrogens with one attached hydrogen (secondary N) is 1. The number of hydrogen-bond donors (Lipinski definition) is 3. The number of carbonyl (C=O) groups excluding carboxylic acids is 2. The molecule has 0 aliphatic carbocycles. The standard InChI is InChI=1S/C20H20F3N3O4/c21-10-5-14(22)12(15(23)6-10)7-24-19(29)13-9-26-11-3-1-2-4-25(8-11)20(30)16(26)18(28)17(13)27/h5-6,9,11,17,27-28H,1-4,7-8H2,(H,24,29)/t11-,17?/m0/s1. The summed E-state index contributed by atoms with van der Waals surface area (Å²) in [6.45, 7) is 0.402. The molecule has 160 valence electrons. The molecule has 3 aliphatic rings. The van der Waals surface area contributed by atoms with Gasteiger partial charge in [0.15, 0.2) is 5.76 Å². The van der Waals surface area contributed by atoms with E-state index in [9.17, 15) is 33.0 Å². The van der Waals surface area contributed by atoms with E-state index in [2.05, 4.69) is 5.32 Å². The molecule has 1 unspecified atom stereocenters. The molecule has 0 aromatic heterocycles. The van der Waals surface area contributed by atoms with Gasteiger partial charge in [-0.1, -0.05) is 0 Å². The second kappa shape index (κ2) is 7.67. The normalized spacial score (nSPS) is 23.7. The minimum absolute atomic E-state index is 0.0622. The minimum Gasteiger partial charge on any atom is -0.507 e. The van der Waals surface area contributed by atoms with Crippen molar-refractivity contribution >= 4 is 11.8 Å². The van der Waals surface area contributed by atoms with Crippen LogP contribution in [0.1, 0.15) is 24.8 Å². The highest BCUT2D eigenvalue weighted by molar-refractivity contribution is 5.99. The Balaban J connectivity index is 1.58. The van der Waals surface area contributed by atoms with Crippen LogP contribution in [0, 0.1) is 17.5 Å². The zero-order valence-corrected chi connectivity index (χ0v) is 15.9. The molecule has 30 heavy (non-hydrogen) atoms. The molecule has 7 nitrogen and oxygen atoms in total. The number of fused-ring (bicyclic) bond motifs is 4. The molecule has 4 rings (SSSR count). The van der Waals surface area contributed by atoms with Crippen LogP contribution >= 0.6 is 0 Å². The number of piperazine rings is 1. The van der Waals surface area contributed by atoms with Crippen molar-refractivity contribution in [1.29, 1.82) is 0 Å². The van der Waals surface area contributed by atoms with Gasteiger partial charge in [-0.25, -0.2) is 13.2 Å². The van der Waals surface area contributed by atoms with Crippen LogP contribution in [0.4, 0.5) is 13.2 Å². The van der Waals surface area contributed by atoms with E-state index in [-0.39, 0.29) is 17.3 Å². The largest absolute Gasteiger partial charge is 0.507 e. The molecule has 1 aromatic rings. The van der Waals surface area contributed by atoms with E-state index in [0.29, 0.717) is 25.2 Å². The summed E-state index contributed by atoms with van der Waals surface area (Å²) in [4.78, 5) is 28.4. The number of aliphatic hydroxyl groups is 2. The number of hydrogen-bond acceptors (Lipinski definition) is 5. The van der Waals surface area contributed by atoms with Gasteiger partial charge in [0.1, 0.15) is 29.3 Å². The van der Waals surface area contributed by atoms with Crippen LogP contribution in [-0.4, -0.2) is 57.1 Å². The maximum absolute atomic E-state index is 13.8. The third-order valence-electron chi connectivity index (χ3n) is 5.66. The van der Waals surface area contributed by atoms with Gasteiger partial charge in [-0.15, -0.1) is 0 Å². The number of benzene rings is 1. The second-order valence-electron chi connectivity index (χ2n) is 7.56. The van der Waals surface area contributed by atoms with E-state index < -0.39 is 53.2 Å². The molecular formula is C20H20F3N3O4. The summed E-state index contributed by atoms with van der Waals surface area (Å²) in [7, 11) is 0. The van der Waals surface area contributed by atoms with E-state index in [1.54, 1.807) is 4.90 Å². The van der Waals surface area contributed by atoms with Gasteiger partial charge in [-0.05, 0) is 19.3 Å². The summed E-state index contributed by atoms with van der Waals surface area (Å²) in [6, 6.07) is 0.832. The first-order valence-electron chi connectivity index (χ1n) is 9.60. The average molecular weight is 423 g/mol. The molecule has 1 aromatic carbocycles. The molecule has 3 aliphatic heterocycles. The Kier molecular flexibility index (Phi) is 5.19. The monoisotopic (exact) mass is 423 g/mol. The Morgan fingerprint density at radius 1 is 1.20 bits per heavy atom. The highest BCUT2D eigenvalue weighted by atomic mass is 19.1. The summed E-state index contributed by atoms with van der Waals surface area (Å²) in [5.41, 5.74) is -0.860. The first-order valence-corrected chi connectivity index (χ1v) is 9.60. The SMILES string of the molecule is O=C(NCc1c(F)cc(F)cc1F)C1=CN2C(=C(O)C1O)C(=O)N1CCCC[C@H]2C1. The van der Waals surface area contributed by atoms with Gasteiger partial charge >= 0.3 is 0 Å². The average Bonchev–Trinajstić information content (AvgIpc) is 2.91. The molecule has 0 spiro atoms. The second-order valence-corrected chi connectivity index (χ2v) is 7.56. The summed E-state index contributed by atoms with van der Waals surface area (Å²) >= 11 is 0. The highest BCUT2D eigenvalue weighted by Crippen LogP contribution is 2.34. The predicted octanol–water partition coefficient (Wildman–Crippen LogP) is 1.44. The maximum Gasteiger partial charge on any atom is 0.274 e. The fourth-order valence-electron chi connectivity index (χ4n) is 4.08. The molecule has 2 amide bonds. The lowest BCUT2D eigenvalue weighted by Crippen LogP contribution is -2.54.